The minimum Gasteiger partial charge on any atom is -0.481 e. The highest BCUT2D eigenvalue weighted by molar-refractivity contribution is 7.20. The van der Waals surface area contributed by atoms with Crippen LogP contribution in [0.5, 0.6) is 0 Å². The van der Waals surface area contributed by atoms with Crippen molar-refractivity contribution in [2.24, 2.45) is 0 Å². The van der Waals surface area contributed by atoms with Gasteiger partial charge in [0.25, 0.3) is 5.56 Å². The zero-order valence-electron chi connectivity index (χ0n) is 11.9. The molecular weight excluding hydrogens is 320 g/mol. The average Bonchev–Trinajstić information content (AvgIpc) is 3.08. The molecule has 0 fully saturated rings. The summed E-state index contributed by atoms with van der Waals surface area (Å²) < 4.78 is 1.51. The lowest BCUT2D eigenvalue weighted by molar-refractivity contribution is -0.137. The smallest absolute Gasteiger partial charge is 0.303 e. The molecular formula is C15H14N2O3S2. The van der Waals surface area contributed by atoms with Crippen LogP contribution in [0.4, 0.5) is 0 Å². The van der Waals surface area contributed by atoms with E-state index in [9.17, 15) is 9.59 Å². The number of nitrogens with zero attached hydrogens (tertiary/aromatic N) is 2. The van der Waals surface area contributed by atoms with Crippen molar-refractivity contribution in [3.05, 3.63) is 39.1 Å². The standard InChI is InChI=1S/C15H14N2O3S2/c1-9-12(10-4-3-7-21-10)13-14(22-9)16-8-17(15(13)20)6-2-5-11(18)19/h3-4,7-8H,2,5-6H2,1H3,(H,18,19). The summed E-state index contributed by atoms with van der Waals surface area (Å²) in [5.41, 5.74) is 0.864. The van der Waals surface area contributed by atoms with Crippen LogP contribution >= 0.6 is 22.7 Å². The van der Waals surface area contributed by atoms with E-state index in [-0.39, 0.29) is 12.0 Å². The topological polar surface area (TPSA) is 72.2 Å². The predicted molar refractivity (Wildman–Crippen MR) is 88.8 cm³/mol. The SMILES string of the molecule is Cc1sc2ncn(CCCC(=O)O)c(=O)c2c1-c1cccs1. The van der Waals surface area contributed by atoms with Crippen LogP contribution in [-0.4, -0.2) is 20.6 Å². The normalized spacial score (nSPS) is 11.1. The minimum absolute atomic E-state index is 0.0466. The maximum absolute atomic E-state index is 12.7. The fourth-order valence-electron chi connectivity index (χ4n) is 2.41. The van der Waals surface area contributed by atoms with E-state index < -0.39 is 5.97 Å². The fraction of sp³-hybridized carbons (Fsp3) is 0.267. The van der Waals surface area contributed by atoms with Gasteiger partial charge in [-0.1, -0.05) is 6.07 Å². The van der Waals surface area contributed by atoms with Crippen LogP contribution in [0.2, 0.25) is 0 Å². The third-order valence-electron chi connectivity index (χ3n) is 3.41. The summed E-state index contributed by atoms with van der Waals surface area (Å²) in [7, 11) is 0. The number of aromatic nitrogens is 2. The Balaban J connectivity index is 2.08. The van der Waals surface area contributed by atoms with E-state index in [4.69, 9.17) is 5.11 Å². The third kappa shape index (κ3) is 2.69. The predicted octanol–water partition coefficient (Wildman–Crippen LogP) is 3.36. The number of fused-ring (bicyclic) bond motifs is 1. The molecule has 0 spiro atoms. The number of carbonyl (C=O) groups is 1. The molecule has 0 radical (unpaired) electrons. The maximum atomic E-state index is 12.7. The molecule has 1 N–H and O–H groups in total. The van der Waals surface area contributed by atoms with Crippen LogP contribution < -0.4 is 5.56 Å². The van der Waals surface area contributed by atoms with Gasteiger partial charge in [-0.15, -0.1) is 22.7 Å². The van der Waals surface area contributed by atoms with Gasteiger partial charge >= 0.3 is 5.97 Å². The van der Waals surface area contributed by atoms with E-state index in [1.54, 1.807) is 11.3 Å². The quantitative estimate of drug-likeness (QED) is 0.776. The Morgan fingerprint density at radius 3 is 2.95 bits per heavy atom. The molecule has 0 bridgehead atoms. The van der Waals surface area contributed by atoms with Crippen LogP contribution in [0.3, 0.4) is 0 Å². The van der Waals surface area contributed by atoms with E-state index in [1.807, 2.05) is 24.4 Å². The van der Waals surface area contributed by atoms with Gasteiger partial charge in [0, 0.05) is 28.3 Å². The summed E-state index contributed by atoms with van der Waals surface area (Å²) in [4.78, 5) is 30.6. The zero-order chi connectivity index (χ0) is 15.7. The number of carboxylic acid groups (broad SMARTS) is 1. The summed E-state index contributed by atoms with van der Waals surface area (Å²) in [6.07, 6.45) is 1.98. The van der Waals surface area contributed by atoms with Gasteiger partial charge in [-0.3, -0.25) is 14.2 Å². The van der Waals surface area contributed by atoms with Crippen molar-refractivity contribution in [3.8, 4) is 10.4 Å². The Kier molecular flexibility index (Phi) is 4.08. The van der Waals surface area contributed by atoms with Crippen molar-refractivity contribution in [1.29, 1.82) is 0 Å². The number of rotatable bonds is 5. The second kappa shape index (κ2) is 6.02. The first kappa shape index (κ1) is 14.9. The highest BCUT2D eigenvalue weighted by Crippen LogP contribution is 2.37. The number of hydrogen-bond acceptors (Lipinski definition) is 5. The second-order valence-corrected chi connectivity index (χ2v) is 7.08. The van der Waals surface area contributed by atoms with Crippen LogP contribution in [0, 0.1) is 6.92 Å². The Bertz CT molecular complexity index is 878. The van der Waals surface area contributed by atoms with Gasteiger partial charge in [-0.05, 0) is 24.8 Å². The monoisotopic (exact) mass is 334 g/mol. The second-order valence-electron chi connectivity index (χ2n) is 4.93. The van der Waals surface area contributed by atoms with E-state index in [0.29, 0.717) is 18.4 Å². The minimum atomic E-state index is -0.854. The molecule has 3 rings (SSSR count). The van der Waals surface area contributed by atoms with Crippen LogP contribution in [0.1, 0.15) is 17.7 Å². The Labute approximate surface area is 134 Å². The summed E-state index contributed by atoms with van der Waals surface area (Å²) in [5.74, 6) is -0.854. The molecule has 3 aromatic rings. The number of thiophene rings is 2. The Morgan fingerprint density at radius 2 is 2.27 bits per heavy atom. The molecule has 0 aliphatic carbocycles. The van der Waals surface area contributed by atoms with Gasteiger partial charge in [-0.25, -0.2) is 4.98 Å². The Hall–Kier alpha value is -1.99. The lowest BCUT2D eigenvalue weighted by Gasteiger charge is -2.04. The first-order chi connectivity index (χ1) is 10.6. The lowest BCUT2D eigenvalue weighted by atomic mass is 10.1. The van der Waals surface area contributed by atoms with Gasteiger partial charge in [0.2, 0.25) is 0 Å². The van der Waals surface area contributed by atoms with Crippen LogP contribution in [0.25, 0.3) is 20.7 Å². The van der Waals surface area contributed by atoms with Crippen molar-refractivity contribution in [2.75, 3.05) is 0 Å². The molecule has 0 atom stereocenters. The van der Waals surface area contributed by atoms with Crippen molar-refractivity contribution in [1.82, 2.24) is 9.55 Å². The summed E-state index contributed by atoms with van der Waals surface area (Å²) in [6.45, 7) is 2.36. The van der Waals surface area contributed by atoms with Crippen molar-refractivity contribution in [3.63, 3.8) is 0 Å². The van der Waals surface area contributed by atoms with Gasteiger partial charge in [0.15, 0.2) is 0 Å². The number of hydrogen-bond donors (Lipinski definition) is 1. The molecule has 0 unspecified atom stereocenters. The summed E-state index contributed by atoms with van der Waals surface area (Å²) in [6, 6.07) is 3.96. The molecule has 0 amide bonds. The van der Waals surface area contributed by atoms with Crippen molar-refractivity contribution >= 4 is 38.9 Å². The average molecular weight is 334 g/mol. The van der Waals surface area contributed by atoms with Gasteiger partial charge < -0.3 is 5.11 Å². The van der Waals surface area contributed by atoms with Crippen LogP contribution in [0.15, 0.2) is 28.6 Å². The van der Waals surface area contributed by atoms with E-state index in [2.05, 4.69) is 4.98 Å². The molecule has 0 saturated carbocycles. The molecule has 0 saturated heterocycles. The molecule has 3 heterocycles. The number of aliphatic carboxylic acids is 1. The zero-order valence-corrected chi connectivity index (χ0v) is 13.5. The molecule has 0 aromatic carbocycles. The maximum Gasteiger partial charge on any atom is 0.303 e. The molecule has 3 aromatic heterocycles. The summed E-state index contributed by atoms with van der Waals surface area (Å²) >= 11 is 3.12. The van der Waals surface area contributed by atoms with Gasteiger partial charge in [-0.2, -0.15) is 0 Å². The third-order valence-corrected chi connectivity index (χ3v) is 5.31. The fourth-order valence-corrected chi connectivity index (χ4v) is 4.31. The molecule has 5 nitrogen and oxygen atoms in total. The van der Waals surface area contributed by atoms with Gasteiger partial charge in [0.1, 0.15) is 4.83 Å². The number of carboxylic acids is 1. The van der Waals surface area contributed by atoms with Crippen molar-refractivity contribution < 1.29 is 9.90 Å². The molecule has 22 heavy (non-hydrogen) atoms. The first-order valence-electron chi connectivity index (χ1n) is 6.82. The van der Waals surface area contributed by atoms with E-state index in [0.717, 1.165) is 20.1 Å². The van der Waals surface area contributed by atoms with Gasteiger partial charge in [0.05, 0.1) is 11.7 Å². The largest absolute Gasteiger partial charge is 0.481 e. The lowest BCUT2D eigenvalue weighted by Crippen LogP contribution is -2.20. The van der Waals surface area contributed by atoms with Crippen LogP contribution in [-0.2, 0) is 11.3 Å². The first-order valence-corrected chi connectivity index (χ1v) is 8.51. The van der Waals surface area contributed by atoms with Crippen molar-refractivity contribution in [2.45, 2.75) is 26.3 Å². The van der Waals surface area contributed by atoms with E-state index >= 15 is 0 Å². The molecule has 0 aliphatic heterocycles. The molecule has 114 valence electrons. The Morgan fingerprint density at radius 1 is 1.45 bits per heavy atom. The molecule has 7 heteroatoms. The summed E-state index contributed by atoms with van der Waals surface area (Å²) in [5, 5.41) is 11.3. The number of aryl methyl sites for hydroxylation is 2. The highest BCUT2D eigenvalue weighted by atomic mass is 32.1. The highest BCUT2D eigenvalue weighted by Gasteiger charge is 2.17. The molecule has 0 aliphatic rings. The van der Waals surface area contributed by atoms with E-state index in [1.165, 1.54) is 22.2 Å².